The Bertz CT molecular complexity index is 1010. The average molecular weight is 457 g/mol. The lowest BCUT2D eigenvalue weighted by Gasteiger charge is -2.23. The van der Waals surface area contributed by atoms with Crippen LogP contribution < -0.4 is 21.7 Å². The van der Waals surface area contributed by atoms with E-state index in [-0.39, 0.29) is 18.7 Å². The molecule has 0 aliphatic heterocycles. The lowest BCUT2D eigenvalue weighted by atomic mass is 10.0. The number of carbonyl (C=O) groups is 4. The van der Waals surface area contributed by atoms with E-state index < -0.39 is 35.6 Å². The van der Waals surface area contributed by atoms with Gasteiger partial charge in [-0.3, -0.25) is 14.4 Å². The number of amides is 4. The van der Waals surface area contributed by atoms with Crippen molar-refractivity contribution in [2.24, 2.45) is 5.73 Å². The molecule has 2 aromatic rings. The van der Waals surface area contributed by atoms with Crippen LogP contribution in [0.2, 0.25) is 0 Å². The number of rotatable bonds is 9. The van der Waals surface area contributed by atoms with Crippen molar-refractivity contribution in [1.82, 2.24) is 16.0 Å². The maximum Gasteiger partial charge on any atom is 0.405 e. The van der Waals surface area contributed by atoms with Crippen molar-refractivity contribution in [1.29, 1.82) is 0 Å². The molecule has 9 heteroatoms. The minimum absolute atomic E-state index is 0.00792. The summed E-state index contributed by atoms with van der Waals surface area (Å²) in [5.74, 6) is -1.43. The highest BCUT2D eigenvalue weighted by Gasteiger charge is 2.28. The van der Waals surface area contributed by atoms with Gasteiger partial charge >= 0.3 is 6.09 Å². The topological polar surface area (TPSA) is 140 Å². The van der Waals surface area contributed by atoms with E-state index in [1.165, 1.54) is 0 Å². The molecule has 4 amide bonds. The number of primary amides is 1. The highest BCUT2D eigenvalue weighted by Crippen LogP contribution is 2.18. The van der Waals surface area contributed by atoms with Gasteiger partial charge in [-0.15, -0.1) is 0 Å². The van der Waals surface area contributed by atoms with Crippen molar-refractivity contribution in [2.45, 2.75) is 64.8 Å². The van der Waals surface area contributed by atoms with Gasteiger partial charge in [-0.25, -0.2) is 4.79 Å². The Morgan fingerprint density at radius 1 is 0.970 bits per heavy atom. The van der Waals surface area contributed by atoms with Gasteiger partial charge in [-0.1, -0.05) is 42.5 Å². The highest BCUT2D eigenvalue weighted by atomic mass is 16.6. The first-order valence-electron chi connectivity index (χ1n) is 10.8. The predicted molar refractivity (Wildman–Crippen MR) is 125 cm³/mol. The van der Waals surface area contributed by atoms with Crippen LogP contribution in [0.4, 0.5) is 4.79 Å². The smallest absolute Gasteiger partial charge is 0.405 e. The first-order chi connectivity index (χ1) is 15.4. The minimum atomic E-state index is -1.40. The molecule has 0 saturated heterocycles. The second-order valence-corrected chi connectivity index (χ2v) is 8.96. The van der Waals surface area contributed by atoms with Crippen LogP contribution in [0, 0.1) is 0 Å². The summed E-state index contributed by atoms with van der Waals surface area (Å²) in [6.07, 6.45) is -2.94. The van der Waals surface area contributed by atoms with Gasteiger partial charge < -0.3 is 26.4 Å². The summed E-state index contributed by atoms with van der Waals surface area (Å²) >= 11 is 0. The van der Waals surface area contributed by atoms with Crippen LogP contribution in [0.15, 0.2) is 42.5 Å². The monoisotopic (exact) mass is 456 g/mol. The Kier molecular flexibility index (Phi) is 8.78. The number of ether oxygens (including phenoxy) is 1. The van der Waals surface area contributed by atoms with E-state index in [4.69, 9.17) is 10.5 Å². The molecule has 9 nitrogen and oxygen atoms in total. The van der Waals surface area contributed by atoms with E-state index in [1.54, 1.807) is 27.7 Å². The van der Waals surface area contributed by atoms with Gasteiger partial charge in [0, 0.05) is 24.5 Å². The largest absolute Gasteiger partial charge is 0.436 e. The van der Waals surface area contributed by atoms with Crippen molar-refractivity contribution in [3.05, 3.63) is 48.0 Å². The highest BCUT2D eigenvalue weighted by molar-refractivity contribution is 5.90. The number of hydrogen-bond donors (Lipinski definition) is 4. The van der Waals surface area contributed by atoms with Crippen molar-refractivity contribution in [3.63, 3.8) is 0 Å². The molecule has 0 fully saturated rings. The summed E-state index contributed by atoms with van der Waals surface area (Å²) in [7, 11) is 0. The summed E-state index contributed by atoms with van der Waals surface area (Å²) in [5.41, 5.74) is 5.51. The molecule has 33 heavy (non-hydrogen) atoms. The number of fused-ring (bicyclic) bond motifs is 1. The van der Waals surface area contributed by atoms with Crippen molar-refractivity contribution in [2.75, 3.05) is 0 Å². The third kappa shape index (κ3) is 8.80. The van der Waals surface area contributed by atoms with Crippen molar-refractivity contribution in [3.8, 4) is 0 Å². The van der Waals surface area contributed by atoms with Gasteiger partial charge in [0.2, 0.25) is 11.8 Å². The van der Waals surface area contributed by atoms with E-state index in [0.29, 0.717) is 6.54 Å². The second kappa shape index (κ2) is 11.3. The zero-order chi connectivity index (χ0) is 24.6. The molecule has 5 N–H and O–H groups in total. The molecule has 178 valence electrons. The van der Waals surface area contributed by atoms with Crippen molar-refractivity contribution >= 4 is 34.6 Å². The SMILES string of the molecule is C[C@@H](CC(=O)NCc1cccc2ccccc12)NC(=O)[C@H](CC(=O)NC(C)(C)C)OC(N)=O. The molecule has 0 saturated carbocycles. The molecule has 0 aliphatic carbocycles. The molecule has 0 aromatic heterocycles. The Morgan fingerprint density at radius 2 is 1.64 bits per heavy atom. The molecule has 0 aliphatic rings. The van der Waals surface area contributed by atoms with Gasteiger partial charge in [0.1, 0.15) is 0 Å². The van der Waals surface area contributed by atoms with E-state index in [9.17, 15) is 19.2 Å². The number of nitrogens with two attached hydrogens (primary N) is 1. The van der Waals surface area contributed by atoms with Gasteiger partial charge in [0.25, 0.3) is 5.91 Å². The summed E-state index contributed by atoms with van der Waals surface area (Å²) in [6.45, 7) is 7.35. The van der Waals surface area contributed by atoms with E-state index in [0.717, 1.165) is 16.3 Å². The number of hydrogen-bond acceptors (Lipinski definition) is 5. The summed E-state index contributed by atoms with van der Waals surface area (Å²) in [4.78, 5) is 48.3. The predicted octanol–water partition coefficient (Wildman–Crippen LogP) is 2.12. The average Bonchev–Trinajstić information content (AvgIpc) is 2.69. The number of benzene rings is 2. The van der Waals surface area contributed by atoms with Crippen LogP contribution in [0.1, 0.15) is 46.1 Å². The summed E-state index contributed by atoms with van der Waals surface area (Å²) in [6, 6.07) is 13.2. The van der Waals surface area contributed by atoms with Gasteiger partial charge in [-0.2, -0.15) is 0 Å². The molecule has 0 spiro atoms. The third-order valence-electron chi connectivity index (χ3n) is 4.67. The molecular formula is C24H32N4O5. The van der Waals surface area contributed by atoms with E-state index in [2.05, 4.69) is 16.0 Å². The maximum atomic E-state index is 12.5. The van der Waals surface area contributed by atoms with E-state index in [1.807, 2.05) is 42.5 Å². The molecule has 2 rings (SSSR count). The summed E-state index contributed by atoms with van der Waals surface area (Å²) in [5, 5.41) is 10.3. The number of carbonyl (C=O) groups excluding carboxylic acids is 4. The minimum Gasteiger partial charge on any atom is -0.436 e. The first kappa shape index (κ1) is 25.6. The van der Waals surface area contributed by atoms with Gasteiger partial charge in [0.15, 0.2) is 6.10 Å². The molecule has 0 radical (unpaired) electrons. The molecule has 0 heterocycles. The zero-order valence-corrected chi connectivity index (χ0v) is 19.4. The summed E-state index contributed by atoms with van der Waals surface area (Å²) < 4.78 is 4.81. The Labute approximate surface area is 193 Å². The van der Waals surface area contributed by atoms with E-state index >= 15 is 0 Å². The maximum absolute atomic E-state index is 12.5. The molecule has 0 unspecified atom stereocenters. The molecule has 2 aromatic carbocycles. The normalized spacial score (nSPS) is 13.0. The fourth-order valence-corrected chi connectivity index (χ4v) is 3.34. The van der Waals surface area contributed by atoms with Crippen LogP contribution in [-0.4, -0.2) is 41.5 Å². The zero-order valence-electron chi connectivity index (χ0n) is 19.4. The number of nitrogens with one attached hydrogen (secondary N) is 3. The quantitative estimate of drug-likeness (QED) is 0.458. The van der Waals surface area contributed by atoms with Crippen LogP contribution in [0.25, 0.3) is 10.8 Å². The van der Waals surface area contributed by atoms with Gasteiger partial charge in [0.05, 0.1) is 6.42 Å². The third-order valence-corrected chi connectivity index (χ3v) is 4.67. The fourth-order valence-electron chi connectivity index (χ4n) is 3.34. The lowest BCUT2D eigenvalue weighted by Crippen LogP contribution is -2.48. The lowest BCUT2D eigenvalue weighted by molar-refractivity contribution is -0.136. The molecular weight excluding hydrogens is 424 g/mol. The Balaban J connectivity index is 1.90. The molecule has 0 bridgehead atoms. The standard InChI is InChI=1S/C24H32N4O5/c1-15(27-22(31)19(33-23(25)32)13-21(30)28-24(2,3)4)12-20(29)26-14-17-10-7-9-16-8-5-6-11-18(16)17/h5-11,15,19H,12-14H2,1-4H3,(H2,25,32)(H,26,29)(H,27,31)(H,28,30)/t15-,19-/m0/s1. The van der Waals surface area contributed by atoms with Crippen LogP contribution in [0.5, 0.6) is 0 Å². The Morgan fingerprint density at radius 3 is 2.30 bits per heavy atom. The fraction of sp³-hybridized carbons (Fsp3) is 0.417. The molecule has 2 atom stereocenters. The van der Waals surface area contributed by atoms with Crippen LogP contribution in [0.3, 0.4) is 0 Å². The first-order valence-corrected chi connectivity index (χ1v) is 10.8. The Hall–Kier alpha value is -3.62. The van der Waals surface area contributed by atoms with Gasteiger partial charge in [-0.05, 0) is 44.0 Å². The van der Waals surface area contributed by atoms with Crippen LogP contribution in [-0.2, 0) is 25.7 Å². The van der Waals surface area contributed by atoms with Crippen LogP contribution >= 0.6 is 0 Å². The second-order valence-electron chi connectivity index (χ2n) is 8.96. The van der Waals surface area contributed by atoms with Crippen molar-refractivity contribution < 1.29 is 23.9 Å².